The van der Waals surface area contributed by atoms with Gasteiger partial charge in [-0.15, -0.1) is 0 Å². The number of halogens is 1. The topological polar surface area (TPSA) is 60.4 Å². The van der Waals surface area contributed by atoms with E-state index < -0.39 is 0 Å². The molecule has 0 bridgehead atoms. The zero-order valence-electron chi connectivity index (χ0n) is 16.7. The summed E-state index contributed by atoms with van der Waals surface area (Å²) in [6.07, 6.45) is 2.40. The molecule has 0 aliphatic carbocycles. The van der Waals surface area contributed by atoms with E-state index in [4.69, 9.17) is 16.3 Å². The van der Waals surface area contributed by atoms with E-state index in [0.29, 0.717) is 0 Å². The van der Waals surface area contributed by atoms with Crippen molar-refractivity contribution in [3.63, 3.8) is 0 Å². The fourth-order valence-electron chi connectivity index (χ4n) is 3.41. The van der Waals surface area contributed by atoms with E-state index in [0.717, 1.165) is 68.8 Å². The van der Waals surface area contributed by atoms with Gasteiger partial charge in [0.2, 0.25) is 5.91 Å². The summed E-state index contributed by atoms with van der Waals surface area (Å²) in [7, 11) is 3.50. The lowest BCUT2D eigenvalue weighted by Gasteiger charge is -2.38. The van der Waals surface area contributed by atoms with Crippen LogP contribution in [0.15, 0.2) is 29.3 Å². The number of nitrogens with one attached hydrogen (secondary N) is 1. The number of hydrogen-bond acceptors (Lipinski definition) is 4. The average molecular weight is 408 g/mol. The summed E-state index contributed by atoms with van der Waals surface area (Å²) >= 11 is 6.13. The molecule has 2 fully saturated rings. The number of guanidine groups is 1. The summed E-state index contributed by atoms with van der Waals surface area (Å²) in [6, 6.07) is 7.95. The SMILES string of the molecule is CN(C)C(=O)CN=C(NCC1CCCO1)N1CCN(c2cccc(Cl)c2)CC1. The van der Waals surface area contributed by atoms with Crippen molar-refractivity contribution >= 4 is 29.2 Å². The lowest BCUT2D eigenvalue weighted by atomic mass is 10.2. The van der Waals surface area contributed by atoms with Gasteiger partial charge in [-0.3, -0.25) is 4.79 Å². The third kappa shape index (κ3) is 5.75. The Morgan fingerprint density at radius 2 is 2.11 bits per heavy atom. The number of likely N-dealkylation sites (N-methyl/N-ethyl adjacent to an activating group) is 1. The third-order valence-corrected chi connectivity index (χ3v) is 5.36. The Bertz CT molecular complexity index is 683. The number of anilines is 1. The lowest BCUT2D eigenvalue weighted by molar-refractivity contribution is -0.127. The summed E-state index contributed by atoms with van der Waals surface area (Å²) in [5, 5.41) is 4.18. The maximum atomic E-state index is 12.0. The van der Waals surface area contributed by atoms with E-state index in [1.807, 2.05) is 18.2 Å². The number of nitrogens with zero attached hydrogens (tertiary/aromatic N) is 4. The van der Waals surface area contributed by atoms with Gasteiger partial charge in [0.05, 0.1) is 6.10 Å². The molecule has 2 aliphatic rings. The van der Waals surface area contributed by atoms with Crippen LogP contribution in [0.3, 0.4) is 0 Å². The average Bonchev–Trinajstić information content (AvgIpc) is 3.21. The number of rotatable bonds is 5. The van der Waals surface area contributed by atoms with Gasteiger partial charge in [-0.2, -0.15) is 0 Å². The summed E-state index contributed by atoms with van der Waals surface area (Å²) in [4.78, 5) is 22.7. The standard InChI is InChI=1S/C20H30ClN5O2/c1-24(2)19(27)15-23-20(22-14-18-7-4-12-28-18)26-10-8-25(9-11-26)17-6-3-5-16(21)13-17/h3,5-6,13,18H,4,7-12,14-15H2,1-2H3,(H,22,23). The fourth-order valence-corrected chi connectivity index (χ4v) is 3.60. The first-order valence-corrected chi connectivity index (χ1v) is 10.3. The van der Waals surface area contributed by atoms with Crippen molar-refractivity contribution < 1.29 is 9.53 Å². The zero-order valence-corrected chi connectivity index (χ0v) is 17.5. The van der Waals surface area contributed by atoms with Gasteiger partial charge in [-0.1, -0.05) is 17.7 Å². The number of benzene rings is 1. The van der Waals surface area contributed by atoms with Crippen LogP contribution in [0.2, 0.25) is 5.02 Å². The molecule has 154 valence electrons. The van der Waals surface area contributed by atoms with Crippen LogP contribution in [-0.4, -0.2) is 87.7 Å². The molecule has 2 saturated heterocycles. The maximum absolute atomic E-state index is 12.0. The molecule has 8 heteroatoms. The van der Waals surface area contributed by atoms with Crippen LogP contribution in [-0.2, 0) is 9.53 Å². The van der Waals surface area contributed by atoms with Crippen LogP contribution in [0.4, 0.5) is 5.69 Å². The van der Waals surface area contributed by atoms with Crippen molar-refractivity contribution in [2.24, 2.45) is 4.99 Å². The molecule has 1 N–H and O–H groups in total. The Hall–Kier alpha value is -1.99. The van der Waals surface area contributed by atoms with E-state index in [2.05, 4.69) is 26.2 Å². The highest BCUT2D eigenvalue weighted by molar-refractivity contribution is 6.30. The summed E-state index contributed by atoms with van der Waals surface area (Å²) in [5.74, 6) is 0.783. The quantitative estimate of drug-likeness (QED) is 0.594. The van der Waals surface area contributed by atoms with Gasteiger partial charge in [0.1, 0.15) is 6.54 Å². The highest BCUT2D eigenvalue weighted by Crippen LogP contribution is 2.21. The van der Waals surface area contributed by atoms with Gasteiger partial charge in [0.15, 0.2) is 5.96 Å². The predicted molar refractivity (Wildman–Crippen MR) is 113 cm³/mol. The van der Waals surface area contributed by atoms with Crippen LogP contribution in [0.1, 0.15) is 12.8 Å². The largest absolute Gasteiger partial charge is 0.376 e. The molecule has 0 spiro atoms. The van der Waals surface area contributed by atoms with Gasteiger partial charge in [0, 0.05) is 64.1 Å². The number of ether oxygens (including phenoxy) is 1. The second kappa shape index (κ2) is 9.98. The number of carbonyl (C=O) groups excluding carboxylic acids is 1. The molecule has 28 heavy (non-hydrogen) atoms. The number of piperazine rings is 1. The van der Waals surface area contributed by atoms with E-state index in [1.54, 1.807) is 19.0 Å². The maximum Gasteiger partial charge on any atom is 0.243 e. The number of amides is 1. The van der Waals surface area contributed by atoms with Gasteiger partial charge in [0.25, 0.3) is 0 Å². The third-order valence-electron chi connectivity index (χ3n) is 5.13. The summed E-state index contributed by atoms with van der Waals surface area (Å²) < 4.78 is 5.71. The summed E-state index contributed by atoms with van der Waals surface area (Å²) in [6.45, 7) is 5.13. The molecule has 0 aromatic heterocycles. The van der Waals surface area contributed by atoms with Crippen molar-refractivity contribution in [2.45, 2.75) is 18.9 Å². The van der Waals surface area contributed by atoms with Crippen LogP contribution in [0, 0.1) is 0 Å². The minimum atomic E-state index is -0.00557. The number of aliphatic imine (C=N–C) groups is 1. The smallest absolute Gasteiger partial charge is 0.243 e. The molecule has 0 radical (unpaired) electrons. The Labute approximate surface area is 172 Å². The number of hydrogen-bond donors (Lipinski definition) is 1. The first kappa shape index (κ1) is 20.7. The van der Waals surface area contributed by atoms with E-state index in [-0.39, 0.29) is 18.6 Å². The van der Waals surface area contributed by atoms with Crippen LogP contribution in [0.25, 0.3) is 0 Å². The second-order valence-electron chi connectivity index (χ2n) is 7.40. The fraction of sp³-hybridized carbons (Fsp3) is 0.600. The Kier molecular flexibility index (Phi) is 7.39. The molecule has 1 aromatic rings. The van der Waals surface area contributed by atoms with Crippen molar-refractivity contribution in [2.75, 3.05) is 64.9 Å². The molecule has 2 aliphatic heterocycles. The van der Waals surface area contributed by atoms with Gasteiger partial charge in [-0.05, 0) is 31.0 Å². The van der Waals surface area contributed by atoms with Gasteiger partial charge >= 0.3 is 0 Å². The van der Waals surface area contributed by atoms with Crippen LogP contribution in [0.5, 0.6) is 0 Å². The van der Waals surface area contributed by atoms with Crippen molar-refractivity contribution in [3.05, 3.63) is 29.3 Å². The second-order valence-corrected chi connectivity index (χ2v) is 7.83. The molecule has 1 aromatic carbocycles. The van der Waals surface area contributed by atoms with Crippen molar-refractivity contribution in [1.29, 1.82) is 0 Å². The van der Waals surface area contributed by atoms with Crippen LogP contribution < -0.4 is 10.2 Å². The molecular weight excluding hydrogens is 378 g/mol. The lowest BCUT2D eigenvalue weighted by Crippen LogP contribution is -2.53. The van der Waals surface area contributed by atoms with Gasteiger partial charge in [-0.25, -0.2) is 4.99 Å². The van der Waals surface area contributed by atoms with E-state index in [9.17, 15) is 4.79 Å². The molecular formula is C20H30ClN5O2. The minimum absolute atomic E-state index is 0.00557. The molecule has 1 amide bonds. The zero-order chi connectivity index (χ0) is 19.9. The predicted octanol–water partition coefficient (Wildman–Crippen LogP) is 1.67. The first-order valence-electron chi connectivity index (χ1n) is 9.88. The van der Waals surface area contributed by atoms with Crippen molar-refractivity contribution in [3.8, 4) is 0 Å². The molecule has 3 rings (SSSR count). The van der Waals surface area contributed by atoms with E-state index in [1.165, 1.54) is 0 Å². The Morgan fingerprint density at radius 3 is 2.75 bits per heavy atom. The monoisotopic (exact) mass is 407 g/mol. The van der Waals surface area contributed by atoms with Gasteiger partial charge < -0.3 is 24.8 Å². The van der Waals surface area contributed by atoms with Crippen LogP contribution >= 0.6 is 11.6 Å². The Morgan fingerprint density at radius 1 is 1.32 bits per heavy atom. The molecule has 1 atom stereocenters. The summed E-state index contributed by atoms with van der Waals surface area (Å²) in [5.41, 5.74) is 1.14. The molecule has 7 nitrogen and oxygen atoms in total. The molecule has 0 saturated carbocycles. The van der Waals surface area contributed by atoms with E-state index >= 15 is 0 Å². The molecule has 2 heterocycles. The molecule has 1 unspecified atom stereocenters. The van der Waals surface area contributed by atoms with Crippen molar-refractivity contribution in [1.82, 2.24) is 15.1 Å². The highest BCUT2D eigenvalue weighted by atomic mass is 35.5. The normalized spacial score (nSPS) is 20.4. The highest BCUT2D eigenvalue weighted by Gasteiger charge is 2.22. The first-order chi connectivity index (χ1) is 13.5. The minimum Gasteiger partial charge on any atom is -0.376 e. The Balaban J connectivity index is 1.60. The number of carbonyl (C=O) groups is 1.